The molecule has 132 valence electrons. The minimum Gasteiger partial charge on any atom is -0.459 e. The highest BCUT2D eigenvalue weighted by atomic mass is 32.1. The predicted octanol–water partition coefficient (Wildman–Crippen LogP) is 2.76. The number of carbonyl (C=O) groups excluding carboxylic acids is 2. The number of hydrogen-bond donors (Lipinski definition) is 1. The number of thiophene rings is 1. The van der Waals surface area contributed by atoms with E-state index in [1.54, 1.807) is 24.3 Å². The van der Waals surface area contributed by atoms with Gasteiger partial charge < -0.3 is 14.6 Å². The maximum absolute atomic E-state index is 12.7. The SMILES string of the molecule is O=C(Nc1ccc(C(=O)N2CCN(CC3CC3)CC2)s1)c1ccco1. The summed E-state index contributed by atoms with van der Waals surface area (Å²) in [6.07, 6.45) is 4.18. The molecule has 1 saturated heterocycles. The van der Waals surface area contributed by atoms with E-state index >= 15 is 0 Å². The number of rotatable bonds is 5. The molecular formula is C18H21N3O3S. The number of hydrogen-bond acceptors (Lipinski definition) is 5. The third-order valence-electron chi connectivity index (χ3n) is 4.67. The van der Waals surface area contributed by atoms with Crippen LogP contribution < -0.4 is 5.32 Å². The third-order valence-corrected chi connectivity index (χ3v) is 5.66. The number of anilines is 1. The van der Waals surface area contributed by atoms with Gasteiger partial charge in [0.25, 0.3) is 11.8 Å². The van der Waals surface area contributed by atoms with Crippen molar-refractivity contribution in [1.29, 1.82) is 0 Å². The summed E-state index contributed by atoms with van der Waals surface area (Å²) in [5.41, 5.74) is 0. The maximum Gasteiger partial charge on any atom is 0.291 e. The summed E-state index contributed by atoms with van der Waals surface area (Å²) >= 11 is 1.30. The lowest BCUT2D eigenvalue weighted by Gasteiger charge is -2.34. The highest BCUT2D eigenvalue weighted by Gasteiger charge is 2.28. The number of nitrogens with zero attached hydrogens (tertiary/aromatic N) is 2. The molecule has 0 aromatic carbocycles. The highest BCUT2D eigenvalue weighted by molar-refractivity contribution is 7.18. The van der Waals surface area contributed by atoms with Crippen molar-refractivity contribution in [3.63, 3.8) is 0 Å². The van der Waals surface area contributed by atoms with Gasteiger partial charge in [-0.1, -0.05) is 0 Å². The normalized spacial score (nSPS) is 18.3. The van der Waals surface area contributed by atoms with Crippen molar-refractivity contribution >= 4 is 28.2 Å². The van der Waals surface area contributed by atoms with E-state index in [0.29, 0.717) is 9.88 Å². The number of carbonyl (C=O) groups is 2. The Hall–Kier alpha value is -2.12. The summed E-state index contributed by atoms with van der Waals surface area (Å²) in [5, 5.41) is 3.42. The van der Waals surface area contributed by atoms with Gasteiger partial charge in [0, 0.05) is 32.7 Å². The summed E-state index contributed by atoms with van der Waals surface area (Å²) in [6, 6.07) is 6.82. The van der Waals surface area contributed by atoms with E-state index < -0.39 is 0 Å². The van der Waals surface area contributed by atoms with Crippen LogP contribution in [-0.2, 0) is 0 Å². The molecule has 3 heterocycles. The zero-order chi connectivity index (χ0) is 17.2. The molecule has 25 heavy (non-hydrogen) atoms. The van der Waals surface area contributed by atoms with Gasteiger partial charge in [-0.15, -0.1) is 11.3 Å². The van der Waals surface area contributed by atoms with Crippen LogP contribution in [-0.4, -0.2) is 54.3 Å². The summed E-state index contributed by atoms with van der Waals surface area (Å²) in [5.74, 6) is 0.891. The Kier molecular flexibility index (Phi) is 4.59. The minimum atomic E-state index is -0.306. The lowest BCUT2D eigenvalue weighted by Crippen LogP contribution is -2.49. The number of nitrogens with one attached hydrogen (secondary N) is 1. The van der Waals surface area contributed by atoms with E-state index in [1.165, 1.54) is 37.0 Å². The molecule has 1 aliphatic heterocycles. The molecular weight excluding hydrogens is 338 g/mol. The van der Waals surface area contributed by atoms with E-state index in [-0.39, 0.29) is 17.6 Å². The van der Waals surface area contributed by atoms with E-state index in [9.17, 15) is 9.59 Å². The van der Waals surface area contributed by atoms with Gasteiger partial charge in [-0.2, -0.15) is 0 Å². The van der Waals surface area contributed by atoms with Crippen molar-refractivity contribution in [2.75, 3.05) is 38.0 Å². The lowest BCUT2D eigenvalue weighted by atomic mass is 10.2. The van der Waals surface area contributed by atoms with E-state index in [4.69, 9.17) is 4.42 Å². The summed E-state index contributed by atoms with van der Waals surface area (Å²) in [7, 11) is 0. The van der Waals surface area contributed by atoms with Crippen LogP contribution in [0.15, 0.2) is 34.9 Å². The second-order valence-electron chi connectivity index (χ2n) is 6.63. The smallest absolute Gasteiger partial charge is 0.291 e. The molecule has 2 aromatic rings. The van der Waals surface area contributed by atoms with E-state index in [0.717, 1.165) is 32.1 Å². The second-order valence-corrected chi connectivity index (χ2v) is 7.72. The Bertz CT molecular complexity index is 743. The first-order valence-electron chi connectivity index (χ1n) is 8.65. The number of amides is 2. The maximum atomic E-state index is 12.7. The summed E-state index contributed by atoms with van der Waals surface area (Å²) < 4.78 is 5.07. The lowest BCUT2D eigenvalue weighted by molar-refractivity contribution is 0.0636. The average Bonchev–Trinajstić information content (AvgIpc) is 3.11. The molecule has 2 aromatic heterocycles. The minimum absolute atomic E-state index is 0.0505. The van der Waals surface area contributed by atoms with Crippen molar-refractivity contribution in [1.82, 2.24) is 9.80 Å². The van der Waals surface area contributed by atoms with Gasteiger partial charge in [0.05, 0.1) is 16.1 Å². The molecule has 2 amide bonds. The van der Waals surface area contributed by atoms with Crippen LogP contribution in [0.25, 0.3) is 0 Å². The van der Waals surface area contributed by atoms with Crippen molar-refractivity contribution < 1.29 is 14.0 Å². The van der Waals surface area contributed by atoms with E-state index in [1.807, 2.05) is 4.90 Å². The molecule has 0 bridgehead atoms. The van der Waals surface area contributed by atoms with Gasteiger partial charge >= 0.3 is 0 Å². The molecule has 6 nitrogen and oxygen atoms in total. The van der Waals surface area contributed by atoms with Gasteiger partial charge in [-0.25, -0.2) is 0 Å². The summed E-state index contributed by atoms with van der Waals surface area (Å²) in [4.78, 5) is 29.7. The Morgan fingerprint density at radius 1 is 1.16 bits per heavy atom. The molecule has 4 rings (SSSR count). The van der Waals surface area contributed by atoms with Crippen molar-refractivity contribution in [2.45, 2.75) is 12.8 Å². The molecule has 2 aliphatic rings. The van der Waals surface area contributed by atoms with Crippen LogP contribution in [0, 0.1) is 5.92 Å². The molecule has 0 unspecified atom stereocenters. The van der Waals surface area contributed by atoms with Gasteiger partial charge in [0.15, 0.2) is 5.76 Å². The first-order chi connectivity index (χ1) is 12.2. The fourth-order valence-corrected chi connectivity index (χ4v) is 3.93. The Labute approximate surface area is 150 Å². The monoisotopic (exact) mass is 359 g/mol. The van der Waals surface area contributed by atoms with Crippen molar-refractivity contribution in [3.05, 3.63) is 41.2 Å². The summed E-state index contributed by atoms with van der Waals surface area (Å²) in [6.45, 7) is 4.64. The first kappa shape index (κ1) is 16.4. The molecule has 1 aliphatic carbocycles. The quantitative estimate of drug-likeness (QED) is 0.891. The highest BCUT2D eigenvalue weighted by Crippen LogP contribution is 2.30. The van der Waals surface area contributed by atoms with Gasteiger partial charge in [0.2, 0.25) is 0 Å². The Balaban J connectivity index is 1.32. The van der Waals surface area contributed by atoms with Crippen LogP contribution in [0.1, 0.15) is 33.1 Å². The fourth-order valence-electron chi connectivity index (χ4n) is 3.06. The number of furan rings is 1. The van der Waals surface area contributed by atoms with Gasteiger partial charge in [-0.3, -0.25) is 14.5 Å². The molecule has 0 radical (unpaired) electrons. The first-order valence-corrected chi connectivity index (χ1v) is 9.47. The molecule has 1 N–H and O–H groups in total. The standard InChI is InChI=1S/C18H21N3O3S/c22-17(14-2-1-11-24-14)19-16-6-5-15(25-16)18(23)21-9-7-20(8-10-21)12-13-3-4-13/h1-2,5-6,11,13H,3-4,7-10,12H2,(H,19,22). The predicted molar refractivity (Wildman–Crippen MR) is 96.0 cm³/mol. The zero-order valence-corrected chi connectivity index (χ0v) is 14.8. The topological polar surface area (TPSA) is 65.8 Å². The van der Waals surface area contributed by atoms with Crippen molar-refractivity contribution in [3.8, 4) is 0 Å². The van der Waals surface area contributed by atoms with Crippen LogP contribution in [0.2, 0.25) is 0 Å². The second kappa shape index (κ2) is 7.01. The molecule has 1 saturated carbocycles. The van der Waals surface area contributed by atoms with Crippen LogP contribution >= 0.6 is 11.3 Å². The third kappa shape index (κ3) is 3.93. The molecule has 0 spiro atoms. The average molecular weight is 359 g/mol. The largest absolute Gasteiger partial charge is 0.459 e. The van der Waals surface area contributed by atoms with Gasteiger partial charge in [0.1, 0.15) is 0 Å². The fraction of sp³-hybridized carbons (Fsp3) is 0.444. The Morgan fingerprint density at radius 2 is 1.96 bits per heavy atom. The molecule has 7 heteroatoms. The number of piperazine rings is 1. The molecule has 2 fully saturated rings. The Morgan fingerprint density at radius 3 is 2.64 bits per heavy atom. The molecule has 0 atom stereocenters. The van der Waals surface area contributed by atoms with Crippen LogP contribution in [0.5, 0.6) is 0 Å². The van der Waals surface area contributed by atoms with Crippen LogP contribution in [0.3, 0.4) is 0 Å². The van der Waals surface area contributed by atoms with E-state index in [2.05, 4.69) is 10.2 Å². The van der Waals surface area contributed by atoms with Crippen molar-refractivity contribution in [2.24, 2.45) is 5.92 Å². The zero-order valence-electron chi connectivity index (χ0n) is 13.9. The van der Waals surface area contributed by atoms with Crippen LogP contribution in [0.4, 0.5) is 5.00 Å². The van der Waals surface area contributed by atoms with Gasteiger partial charge in [-0.05, 0) is 43.0 Å².